The Labute approximate surface area is 85.7 Å². The van der Waals surface area contributed by atoms with Gasteiger partial charge in [-0.3, -0.25) is 0 Å². The van der Waals surface area contributed by atoms with E-state index < -0.39 is 18.2 Å². The quantitative estimate of drug-likeness (QED) is 0.404. The molecule has 1 atom stereocenters. The fourth-order valence-corrected chi connectivity index (χ4v) is 0.744. The highest BCUT2D eigenvalue weighted by Crippen LogP contribution is 2.17. The third-order valence-electron chi connectivity index (χ3n) is 1.33. The van der Waals surface area contributed by atoms with Crippen molar-refractivity contribution in [2.75, 3.05) is 0 Å². The highest BCUT2D eigenvalue weighted by atomic mass is 19.4. The zero-order valence-electron chi connectivity index (χ0n) is 7.96. The number of rotatable bonds is 5. The zero-order valence-corrected chi connectivity index (χ0v) is 7.96. The number of ether oxygens (including phenoxy) is 1. The van der Waals surface area contributed by atoms with Crippen LogP contribution in [0.2, 0.25) is 0 Å². The summed E-state index contributed by atoms with van der Waals surface area (Å²) in [5, 5.41) is 0. The van der Waals surface area contributed by atoms with E-state index in [4.69, 9.17) is 0 Å². The van der Waals surface area contributed by atoms with Gasteiger partial charge < -0.3 is 4.74 Å². The molecule has 0 rings (SSSR count). The molecule has 0 aliphatic rings. The van der Waals surface area contributed by atoms with Crippen LogP contribution in [0.15, 0.2) is 37.5 Å². The number of hydrogen-bond donors (Lipinski definition) is 0. The summed E-state index contributed by atoms with van der Waals surface area (Å²) in [4.78, 5) is 10.7. The number of carbonyl (C=O) groups is 1. The smallest absolute Gasteiger partial charge is 0.409 e. The molecule has 1 unspecified atom stereocenters. The topological polar surface area (TPSA) is 26.3 Å². The molecule has 0 bridgehead atoms. The monoisotopic (exact) mass is 220 g/mol. The van der Waals surface area contributed by atoms with Crippen LogP contribution in [0.5, 0.6) is 0 Å². The van der Waals surface area contributed by atoms with Gasteiger partial charge in [-0.05, 0) is 6.08 Å². The molecule has 0 aromatic rings. The van der Waals surface area contributed by atoms with Crippen molar-refractivity contribution in [3.05, 3.63) is 37.5 Å². The van der Waals surface area contributed by atoms with E-state index in [0.717, 1.165) is 12.2 Å². The van der Waals surface area contributed by atoms with Crippen molar-refractivity contribution in [2.24, 2.45) is 0 Å². The maximum Gasteiger partial charge on any atom is 0.409 e. The molecular formula is C10H11F3O2. The normalized spacial score (nSPS) is 13.5. The predicted molar refractivity (Wildman–Crippen MR) is 50.1 cm³/mol. The molecule has 0 amide bonds. The van der Waals surface area contributed by atoms with Crippen LogP contribution in [0.3, 0.4) is 0 Å². The minimum Gasteiger partial charge on any atom is -0.455 e. The number of hydrogen-bond acceptors (Lipinski definition) is 2. The number of halogens is 3. The average molecular weight is 220 g/mol. The summed E-state index contributed by atoms with van der Waals surface area (Å²) in [7, 11) is 0. The van der Waals surface area contributed by atoms with Gasteiger partial charge in [0.2, 0.25) is 0 Å². The molecule has 0 aliphatic carbocycles. The van der Waals surface area contributed by atoms with Crippen LogP contribution < -0.4 is 0 Å². The summed E-state index contributed by atoms with van der Waals surface area (Å²) in [6, 6.07) is 0. The standard InChI is InChI=1S/C10H11F3O2/c1-3-5-8(15-9(14)4-2)6-7-10(11,12)13/h3-4,6-8H,1-2,5H2/b7-6+. The van der Waals surface area contributed by atoms with Crippen molar-refractivity contribution in [3.8, 4) is 0 Å². The van der Waals surface area contributed by atoms with E-state index >= 15 is 0 Å². The third kappa shape index (κ3) is 7.54. The SMILES string of the molecule is C=CCC(/C=C/C(F)(F)F)OC(=O)C=C. The Morgan fingerprint density at radius 1 is 1.40 bits per heavy atom. The van der Waals surface area contributed by atoms with Crippen molar-refractivity contribution in [1.29, 1.82) is 0 Å². The molecule has 0 N–H and O–H groups in total. The largest absolute Gasteiger partial charge is 0.455 e. The van der Waals surface area contributed by atoms with Crippen molar-refractivity contribution >= 4 is 5.97 Å². The van der Waals surface area contributed by atoms with E-state index in [1.54, 1.807) is 0 Å². The van der Waals surface area contributed by atoms with Gasteiger partial charge in [0, 0.05) is 18.6 Å². The molecule has 0 aliphatic heterocycles. The molecule has 0 heterocycles. The number of esters is 1. The molecule has 15 heavy (non-hydrogen) atoms. The first-order chi connectivity index (χ1) is 6.89. The van der Waals surface area contributed by atoms with E-state index in [0.29, 0.717) is 0 Å². The Morgan fingerprint density at radius 3 is 2.40 bits per heavy atom. The molecule has 0 spiro atoms. The lowest BCUT2D eigenvalue weighted by Crippen LogP contribution is -2.15. The van der Waals surface area contributed by atoms with E-state index in [1.165, 1.54) is 6.08 Å². The van der Waals surface area contributed by atoms with Crippen LogP contribution in [-0.4, -0.2) is 18.2 Å². The fourth-order valence-electron chi connectivity index (χ4n) is 0.744. The zero-order chi connectivity index (χ0) is 11.9. The summed E-state index contributed by atoms with van der Waals surface area (Å²) in [6.07, 6.45) is -2.22. The lowest BCUT2D eigenvalue weighted by molar-refractivity contribution is -0.141. The molecule has 0 saturated heterocycles. The molecule has 0 saturated carbocycles. The van der Waals surface area contributed by atoms with Crippen molar-refractivity contribution in [3.63, 3.8) is 0 Å². The summed E-state index contributed by atoms with van der Waals surface area (Å²) in [5.41, 5.74) is 0. The number of alkyl halides is 3. The second-order valence-electron chi connectivity index (χ2n) is 2.60. The predicted octanol–water partition coefficient (Wildman–Crippen LogP) is 2.78. The van der Waals surface area contributed by atoms with E-state index in [9.17, 15) is 18.0 Å². The van der Waals surface area contributed by atoms with Crippen LogP contribution in [0.1, 0.15) is 6.42 Å². The van der Waals surface area contributed by atoms with E-state index in [2.05, 4.69) is 17.9 Å². The average Bonchev–Trinajstić information content (AvgIpc) is 2.13. The molecule has 0 aromatic heterocycles. The Kier molecular flexibility index (Phi) is 5.44. The first-order valence-electron chi connectivity index (χ1n) is 4.09. The lowest BCUT2D eigenvalue weighted by atomic mass is 10.2. The molecule has 0 aromatic carbocycles. The Balaban J connectivity index is 4.39. The van der Waals surface area contributed by atoms with Gasteiger partial charge in [0.1, 0.15) is 6.10 Å². The maximum atomic E-state index is 11.8. The highest BCUT2D eigenvalue weighted by Gasteiger charge is 2.23. The van der Waals surface area contributed by atoms with Gasteiger partial charge in [-0.2, -0.15) is 13.2 Å². The van der Waals surface area contributed by atoms with Gasteiger partial charge in [0.25, 0.3) is 0 Å². The van der Waals surface area contributed by atoms with Crippen molar-refractivity contribution in [2.45, 2.75) is 18.7 Å². The Hall–Kier alpha value is -1.52. The van der Waals surface area contributed by atoms with Crippen molar-refractivity contribution in [1.82, 2.24) is 0 Å². The minimum atomic E-state index is -4.42. The van der Waals surface area contributed by atoms with Gasteiger partial charge in [0.15, 0.2) is 0 Å². The second kappa shape index (κ2) is 6.06. The van der Waals surface area contributed by atoms with Crippen LogP contribution in [0.4, 0.5) is 13.2 Å². The summed E-state index contributed by atoms with van der Waals surface area (Å²) in [6.45, 7) is 6.48. The van der Waals surface area contributed by atoms with Gasteiger partial charge >= 0.3 is 12.1 Å². The minimum absolute atomic E-state index is 0.0253. The first-order valence-corrected chi connectivity index (χ1v) is 4.09. The number of carbonyl (C=O) groups excluding carboxylic acids is 1. The molecule has 5 heteroatoms. The number of allylic oxidation sites excluding steroid dienone is 1. The first kappa shape index (κ1) is 13.5. The van der Waals surface area contributed by atoms with Gasteiger partial charge in [-0.1, -0.05) is 12.7 Å². The molecule has 2 nitrogen and oxygen atoms in total. The van der Waals surface area contributed by atoms with Crippen LogP contribution in [0.25, 0.3) is 0 Å². The van der Waals surface area contributed by atoms with Crippen LogP contribution in [-0.2, 0) is 9.53 Å². The molecule has 0 fully saturated rings. The Morgan fingerprint density at radius 2 is 2.00 bits per heavy atom. The summed E-state index contributed by atoms with van der Waals surface area (Å²) in [5.74, 6) is -0.770. The van der Waals surface area contributed by atoms with Gasteiger partial charge in [-0.15, -0.1) is 6.58 Å². The molecule has 0 radical (unpaired) electrons. The molecule has 84 valence electrons. The maximum absolute atomic E-state index is 11.8. The summed E-state index contributed by atoms with van der Waals surface area (Å²) >= 11 is 0. The van der Waals surface area contributed by atoms with Gasteiger partial charge in [-0.25, -0.2) is 4.79 Å². The Bertz CT molecular complexity index is 266. The van der Waals surface area contributed by atoms with E-state index in [1.807, 2.05) is 0 Å². The van der Waals surface area contributed by atoms with Crippen LogP contribution in [0, 0.1) is 0 Å². The van der Waals surface area contributed by atoms with Crippen molar-refractivity contribution < 1.29 is 22.7 Å². The second-order valence-corrected chi connectivity index (χ2v) is 2.60. The van der Waals surface area contributed by atoms with E-state index in [-0.39, 0.29) is 12.5 Å². The fraction of sp³-hybridized carbons (Fsp3) is 0.300. The highest BCUT2D eigenvalue weighted by molar-refractivity contribution is 5.81. The van der Waals surface area contributed by atoms with Crippen LogP contribution >= 0.6 is 0 Å². The lowest BCUT2D eigenvalue weighted by Gasteiger charge is -2.10. The third-order valence-corrected chi connectivity index (χ3v) is 1.33. The molecular weight excluding hydrogens is 209 g/mol. The summed E-state index contributed by atoms with van der Waals surface area (Å²) < 4.78 is 40.0. The van der Waals surface area contributed by atoms with Gasteiger partial charge in [0.05, 0.1) is 0 Å².